The zero-order chi connectivity index (χ0) is 14.5. The van der Waals surface area contributed by atoms with Gasteiger partial charge in [-0.15, -0.1) is 5.10 Å². The standard InChI is InChI=1S/C15H18ClN3O/c1-10(2)17-9-12-5-7-15(19-18-12)20-14-8-11(3)4-6-13(14)16/h4-8,10,17H,9H2,1-3H3. The van der Waals surface area contributed by atoms with Crippen LogP contribution in [-0.2, 0) is 6.54 Å². The number of ether oxygens (including phenoxy) is 1. The molecule has 0 atom stereocenters. The SMILES string of the molecule is Cc1ccc(Cl)c(Oc2ccc(CNC(C)C)nn2)c1. The minimum atomic E-state index is 0.416. The van der Waals surface area contributed by atoms with Gasteiger partial charge in [0.25, 0.3) is 0 Å². The van der Waals surface area contributed by atoms with Crippen molar-refractivity contribution in [3.8, 4) is 11.6 Å². The molecule has 0 radical (unpaired) electrons. The van der Waals surface area contributed by atoms with Gasteiger partial charge in [0.05, 0.1) is 10.7 Å². The average molecular weight is 292 g/mol. The van der Waals surface area contributed by atoms with E-state index < -0.39 is 0 Å². The summed E-state index contributed by atoms with van der Waals surface area (Å²) in [5.74, 6) is 1.03. The van der Waals surface area contributed by atoms with Crippen molar-refractivity contribution in [2.45, 2.75) is 33.4 Å². The normalized spacial score (nSPS) is 10.8. The van der Waals surface area contributed by atoms with Crippen molar-refractivity contribution in [3.05, 3.63) is 46.6 Å². The van der Waals surface area contributed by atoms with E-state index in [-0.39, 0.29) is 0 Å². The number of benzene rings is 1. The van der Waals surface area contributed by atoms with Gasteiger partial charge in [-0.2, -0.15) is 5.10 Å². The molecule has 0 fully saturated rings. The van der Waals surface area contributed by atoms with Crippen LogP contribution in [0.3, 0.4) is 0 Å². The van der Waals surface area contributed by atoms with Crippen LogP contribution in [0, 0.1) is 6.92 Å². The molecule has 0 unspecified atom stereocenters. The quantitative estimate of drug-likeness (QED) is 0.912. The summed E-state index contributed by atoms with van der Waals surface area (Å²) in [7, 11) is 0. The molecule has 0 aliphatic carbocycles. The van der Waals surface area contributed by atoms with Crippen LogP contribution in [0.1, 0.15) is 25.1 Å². The highest BCUT2D eigenvalue weighted by Gasteiger charge is 2.05. The van der Waals surface area contributed by atoms with E-state index >= 15 is 0 Å². The van der Waals surface area contributed by atoms with Crippen LogP contribution in [0.5, 0.6) is 11.6 Å². The third-order valence-corrected chi connectivity index (χ3v) is 3.00. The highest BCUT2D eigenvalue weighted by molar-refractivity contribution is 6.32. The van der Waals surface area contributed by atoms with Gasteiger partial charge in [0.1, 0.15) is 5.75 Å². The molecule has 2 aromatic rings. The van der Waals surface area contributed by atoms with Gasteiger partial charge in [-0.25, -0.2) is 0 Å². The highest BCUT2D eigenvalue weighted by atomic mass is 35.5. The fourth-order valence-electron chi connectivity index (χ4n) is 1.61. The summed E-state index contributed by atoms with van der Waals surface area (Å²) in [6, 6.07) is 9.71. The lowest BCUT2D eigenvalue weighted by molar-refractivity contribution is 0.452. The molecule has 4 nitrogen and oxygen atoms in total. The molecule has 0 aliphatic heterocycles. The first-order valence-corrected chi connectivity index (χ1v) is 6.92. The Kier molecular flexibility index (Phi) is 4.93. The zero-order valence-corrected chi connectivity index (χ0v) is 12.6. The van der Waals surface area contributed by atoms with Crippen molar-refractivity contribution in [2.75, 3.05) is 0 Å². The third kappa shape index (κ3) is 4.18. The Morgan fingerprint density at radius 3 is 2.65 bits per heavy atom. The van der Waals surface area contributed by atoms with Gasteiger partial charge in [-0.05, 0) is 30.7 Å². The van der Waals surface area contributed by atoms with E-state index in [1.807, 2.05) is 25.1 Å². The van der Waals surface area contributed by atoms with Gasteiger partial charge in [0.15, 0.2) is 0 Å². The molecule has 0 spiro atoms. The Hall–Kier alpha value is -1.65. The van der Waals surface area contributed by atoms with Crippen LogP contribution in [0.15, 0.2) is 30.3 Å². The van der Waals surface area contributed by atoms with E-state index in [0.717, 1.165) is 11.3 Å². The van der Waals surface area contributed by atoms with Crippen molar-refractivity contribution in [1.29, 1.82) is 0 Å². The molecule has 0 amide bonds. The number of halogens is 1. The van der Waals surface area contributed by atoms with E-state index in [1.165, 1.54) is 0 Å². The second kappa shape index (κ2) is 6.68. The summed E-state index contributed by atoms with van der Waals surface area (Å²) < 4.78 is 5.64. The first-order chi connectivity index (χ1) is 9.54. The number of rotatable bonds is 5. The molecule has 0 aliphatic rings. The van der Waals surface area contributed by atoms with Gasteiger partial charge in [-0.1, -0.05) is 31.5 Å². The maximum atomic E-state index is 6.08. The molecule has 0 bridgehead atoms. The van der Waals surface area contributed by atoms with Gasteiger partial charge >= 0.3 is 0 Å². The van der Waals surface area contributed by atoms with Crippen molar-refractivity contribution in [1.82, 2.24) is 15.5 Å². The fraction of sp³-hybridized carbons (Fsp3) is 0.333. The molecule has 0 saturated heterocycles. The number of aromatic nitrogens is 2. The summed E-state index contributed by atoms with van der Waals surface area (Å²) in [4.78, 5) is 0. The Balaban J connectivity index is 2.05. The number of hydrogen-bond acceptors (Lipinski definition) is 4. The van der Waals surface area contributed by atoms with Crippen LogP contribution < -0.4 is 10.1 Å². The van der Waals surface area contributed by atoms with Crippen molar-refractivity contribution < 1.29 is 4.74 Å². The van der Waals surface area contributed by atoms with Crippen molar-refractivity contribution >= 4 is 11.6 Å². The Morgan fingerprint density at radius 1 is 1.20 bits per heavy atom. The van der Waals surface area contributed by atoms with Crippen molar-refractivity contribution in [2.24, 2.45) is 0 Å². The molecule has 20 heavy (non-hydrogen) atoms. The lowest BCUT2D eigenvalue weighted by Crippen LogP contribution is -2.22. The van der Waals surface area contributed by atoms with Crippen LogP contribution in [0.4, 0.5) is 0 Å². The average Bonchev–Trinajstić information content (AvgIpc) is 2.42. The van der Waals surface area contributed by atoms with E-state index in [0.29, 0.717) is 29.2 Å². The molecular formula is C15H18ClN3O. The molecule has 1 heterocycles. The molecular weight excluding hydrogens is 274 g/mol. The smallest absolute Gasteiger partial charge is 0.238 e. The number of nitrogens with one attached hydrogen (secondary N) is 1. The monoisotopic (exact) mass is 291 g/mol. The van der Waals surface area contributed by atoms with Gasteiger partial charge in [0, 0.05) is 18.7 Å². The topological polar surface area (TPSA) is 47.0 Å². The number of hydrogen-bond donors (Lipinski definition) is 1. The Labute approximate surface area is 124 Å². The molecule has 0 saturated carbocycles. The van der Waals surface area contributed by atoms with E-state index in [1.54, 1.807) is 12.1 Å². The summed E-state index contributed by atoms with van der Waals surface area (Å²) >= 11 is 6.08. The second-order valence-electron chi connectivity index (χ2n) is 4.93. The first kappa shape index (κ1) is 14.8. The summed E-state index contributed by atoms with van der Waals surface area (Å²) in [6.45, 7) is 6.85. The lowest BCUT2D eigenvalue weighted by Gasteiger charge is -2.09. The van der Waals surface area contributed by atoms with E-state index in [9.17, 15) is 0 Å². The Bertz CT molecular complexity index is 570. The Morgan fingerprint density at radius 2 is 2.00 bits per heavy atom. The maximum absolute atomic E-state index is 6.08. The minimum absolute atomic E-state index is 0.416. The minimum Gasteiger partial charge on any atom is -0.436 e. The maximum Gasteiger partial charge on any atom is 0.238 e. The molecule has 106 valence electrons. The number of aryl methyl sites for hydroxylation is 1. The highest BCUT2D eigenvalue weighted by Crippen LogP contribution is 2.28. The van der Waals surface area contributed by atoms with Crippen LogP contribution in [0.2, 0.25) is 5.02 Å². The molecule has 1 aromatic carbocycles. The largest absolute Gasteiger partial charge is 0.436 e. The van der Waals surface area contributed by atoms with Crippen LogP contribution in [-0.4, -0.2) is 16.2 Å². The van der Waals surface area contributed by atoms with Gasteiger partial charge in [0.2, 0.25) is 5.88 Å². The predicted octanol–water partition coefficient (Wildman–Crippen LogP) is 3.73. The second-order valence-corrected chi connectivity index (χ2v) is 5.34. The predicted molar refractivity (Wildman–Crippen MR) is 80.3 cm³/mol. The first-order valence-electron chi connectivity index (χ1n) is 6.54. The van der Waals surface area contributed by atoms with Crippen LogP contribution >= 0.6 is 11.6 Å². The summed E-state index contributed by atoms with van der Waals surface area (Å²) in [6.07, 6.45) is 0. The fourth-order valence-corrected chi connectivity index (χ4v) is 1.76. The van der Waals surface area contributed by atoms with E-state index in [2.05, 4.69) is 29.4 Å². The number of nitrogens with zero attached hydrogens (tertiary/aromatic N) is 2. The zero-order valence-electron chi connectivity index (χ0n) is 11.9. The molecule has 2 rings (SSSR count). The van der Waals surface area contributed by atoms with Gasteiger partial charge in [-0.3, -0.25) is 0 Å². The molecule has 1 aromatic heterocycles. The van der Waals surface area contributed by atoms with Gasteiger partial charge < -0.3 is 10.1 Å². The van der Waals surface area contributed by atoms with Crippen LogP contribution in [0.25, 0.3) is 0 Å². The lowest BCUT2D eigenvalue weighted by atomic mass is 10.2. The molecule has 5 heteroatoms. The van der Waals surface area contributed by atoms with E-state index in [4.69, 9.17) is 16.3 Å². The summed E-state index contributed by atoms with van der Waals surface area (Å²) in [5, 5.41) is 12.0. The molecule has 1 N–H and O–H groups in total. The van der Waals surface area contributed by atoms with Crippen molar-refractivity contribution in [3.63, 3.8) is 0 Å². The third-order valence-electron chi connectivity index (χ3n) is 2.69. The summed E-state index contributed by atoms with van der Waals surface area (Å²) in [5.41, 5.74) is 1.96.